The largest absolute Gasteiger partial charge is 0.494 e. The average Bonchev–Trinajstić information content (AvgIpc) is 2.47. The van der Waals surface area contributed by atoms with Crippen molar-refractivity contribution >= 4 is 5.78 Å². The van der Waals surface area contributed by atoms with E-state index in [0.29, 0.717) is 17.9 Å². The lowest BCUT2D eigenvalue weighted by atomic mass is 10.0. The number of aromatic nitrogens is 1. The minimum atomic E-state index is -0.577. The fourth-order valence-corrected chi connectivity index (χ4v) is 1.76. The lowest BCUT2D eigenvalue weighted by Gasteiger charge is -2.06. The molecule has 5 heteroatoms. The maximum absolute atomic E-state index is 13.6. The zero-order chi connectivity index (χ0) is 14.5. The zero-order valence-corrected chi connectivity index (χ0v) is 11.2. The Hall–Kier alpha value is -2.43. The van der Waals surface area contributed by atoms with Gasteiger partial charge in [0.1, 0.15) is 5.75 Å². The SMILES string of the molecule is CCOc1cncc(C(=O)c2ccc(OC)c(F)c2)c1. The van der Waals surface area contributed by atoms with E-state index < -0.39 is 5.82 Å². The third-order valence-electron chi connectivity index (χ3n) is 2.70. The molecular formula is C15H14FNO3. The van der Waals surface area contributed by atoms with Crippen molar-refractivity contribution in [1.82, 2.24) is 4.98 Å². The van der Waals surface area contributed by atoms with Crippen LogP contribution in [0.5, 0.6) is 11.5 Å². The Bertz CT molecular complexity index is 628. The molecule has 0 radical (unpaired) electrons. The zero-order valence-electron chi connectivity index (χ0n) is 11.2. The summed E-state index contributed by atoms with van der Waals surface area (Å²) in [6, 6.07) is 5.66. The molecule has 0 aliphatic heterocycles. The highest BCUT2D eigenvalue weighted by Crippen LogP contribution is 2.20. The smallest absolute Gasteiger partial charge is 0.194 e. The molecule has 1 aromatic carbocycles. The summed E-state index contributed by atoms with van der Waals surface area (Å²) in [6.07, 6.45) is 2.95. The Kier molecular flexibility index (Phi) is 4.30. The van der Waals surface area contributed by atoms with Crippen molar-refractivity contribution in [1.29, 1.82) is 0 Å². The molecule has 20 heavy (non-hydrogen) atoms. The highest BCUT2D eigenvalue weighted by Gasteiger charge is 2.13. The number of halogens is 1. The Morgan fingerprint density at radius 1 is 1.25 bits per heavy atom. The second kappa shape index (κ2) is 6.14. The van der Waals surface area contributed by atoms with Gasteiger partial charge < -0.3 is 9.47 Å². The third-order valence-corrected chi connectivity index (χ3v) is 2.70. The summed E-state index contributed by atoms with van der Waals surface area (Å²) < 4.78 is 23.7. The minimum Gasteiger partial charge on any atom is -0.494 e. The van der Waals surface area contributed by atoms with E-state index in [4.69, 9.17) is 9.47 Å². The number of hydrogen-bond donors (Lipinski definition) is 0. The van der Waals surface area contributed by atoms with E-state index in [9.17, 15) is 9.18 Å². The second-order valence-electron chi connectivity index (χ2n) is 4.02. The predicted octanol–water partition coefficient (Wildman–Crippen LogP) is 2.86. The van der Waals surface area contributed by atoms with Crippen molar-refractivity contribution in [2.45, 2.75) is 6.92 Å². The molecule has 0 atom stereocenters. The van der Waals surface area contributed by atoms with E-state index >= 15 is 0 Å². The molecule has 0 aliphatic carbocycles. The number of rotatable bonds is 5. The number of pyridine rings is 1. The summed E-state index contributed by atoms with van der Waals surface area (Å²) in [5, 5.41) is 0. The molecule has 0 aliphatic rings. The van der Waals surface area contributed by atoms with Crippen molar-refractivity contribution in [3.8, 4) is 11.5 Å². The fourth-order valence-electron chi connectivity index (χ4n) is 1.76. The molecule has 4 nitrogen and oxygen atoms in total. The van der Waals surface area contributed by atoms with Gasteiger partial charge in [0.2, 0.25) is 0 Å². The molecule has 2 aromatic rings. The maximum Gasteiger partial charge on any atom is 0.194 e. The molecular weight excluding hydrogens is 261 g/mol. The van der Waals surface area contributed by atoms with Crippen LogP contribution in [-0.4, -0.2) is 24.5 Å². The van der Waals surface area contributed by atoms with E-state index in [2.05, 4.69) is 4.98 Å². The fraction of sp³-hybridized carbons (Fsp3) is 0.200. The third kappa shape index (κ3) is 2.93. The van der Waals surface area contributed by atoms with Crippen molar-refractivity contribution < 1.29 is 18.7 Å². The number of benzene rings is 1. The van der Waals surface area contributed by atoms with Crippen LogP contribution in [0.4, 0.5) is 4.39 Å². The van der Waals surface area contributed by atoms with E-state index in [-0.39, 0.29) is 17.1 Å². The Morgan fingerprint density at radius 2 is 2.05 bits per heavy atom. The average molecular weight is 275 g/mol. The van der Waals surface area contributed by atoms with Crippen LogP contribution in [0, 0.1) is 5.82 Å². The first-order chi connectivity index (χ1) is 9.65. The van der Waals surface area contributed by atoms with Crippen molar-refractivity contribution in [3.05, 3.63) is 53.6 Å². The van der Waals surface area contributed by atoms with Gasteiger partial charge in [0.25, 0.3) is 0 Å². The molecule has 0 saturated heterocycles. The molecule has 2 rings (SSSR count). The highest BCUT2D eigenvalue weighted by atomic mass is 19.1. The van der Waals surface area contributed by atoms with E-state index in [1.807, 2.05) is 6.92 Å². The van der Waals surface area contributed by atoms with Crippen molar-refractivity contribution in [3.63, 3.8) is 0 Å². The molecule has 0 N–H and O–H groups in total. The van der Waals surface area contributed by atoms with Gasteiger partial charge >= 0.3 is 0 Å². The van der Waals surface area contributed by atoms with Gasteiger partial charge in [-0.1, -0.05) is 0 Å². The summed E-state index contributed by atoms with van der Waals surface area (Å²) in [5.74, 6) is -0.289. The Balaban J connectivity index is 2.31. The van der Waals surface area contributed by atoms with Crippen LogP contribution >= 0.6 is 0 Å². The van der Waals surface area contributed by atoms with Gasteiger partial charge in [-0.05, 0) is 31.2 Å². The molecule has 0 saturated carbocycles. The molecule has 0 bridgehead atoms. The standard InChI is InChI=1S/C15H14FNO3/c1-3-20-12-6-11(8-17-9-12)15(18)10-4-5-14(19-2)13(16)7-10/h4-9H,3H2,1-2H3. The minimum absolute atomic E-state index is 0.0998. The number of carbonyl (C=O) groups excluding carboxylic acids is 1. The van der Waals surface area contributed by atoms with Gasteiger partial charge in [-0.15, -0.1) is 0 Å². The first-order valence-corrected chi connectivity index (χ1v) is 6.11. The summed E-state index contributed by atoms with van der Waals surface area (Å²) in [6.45, 7) is 2.32. The highest BCUT2D eigenvalue weighted by molar-refractivity contribution is 6.09. The van der Waals surface area contributed by atoms with Crippen LogP contribution < -0.4 is 9.47 Å². The lowest BCUT2D eigenvalue weighted by Crippen LogP contribution is -2.04. The van der Waals surface area contributed by atoms with E-state index in [1.165, 1.54) is 31.6 Å². The van der Waals surface area contributed by atoms with Crippen LogP contribution in [0.3, 0.4) is 0 Å². The van der Waals surface area contributed by atoms with Gasteiger partial charge in [0, 0.05) is 17.3 Å². The second-order valence-corrected chi connectivity index (χ2v) is 4.02. The molecule has 1 aromatic heterocycles. The number of ketones is 1. The first kappa shape index (κ1) is 14.0. The number of hydrogen-bond acceptors (Lipinski definition) is 4. The number of methoxy groups -OCH3 is 1. The molecule has 104 valence electrons. The van der Waals surface area contributed by atoms with E-state index in [0.717, 1.165) is 6.07 Å². The normalized spacial score (nSPS) is 10.2. The predicted molar refractivity (Wildman–Crippen MR) is 71.8 cm³/mol. The van der Waals surface area contributed by atoms with Crippen LogP contribution in [0.2, 0.25) is 0 Å². The summed E-state index contributed by atoms with van der Waals surface area (Å²) in [4.78, 5) is 16.2. The molecule has 0 spiro atoms. The summed E-state index contributed by atoms with van der Waals surface area (Å²) >= 11 is 0. The topological polar surface area (TPSA) is 48.4 Å². The summed E-state index contributed by atoms with van der Waals surface area (Å²) in [5.41, 5.74) is 0.583. The number of nitrogens with zero attached hydrogens (tertiary/aromatic N) is 1. The monoisotopic (exact) mass is 275 g/mol. The van der Waals surface area contributed by atoms with Crippen LogP contribution in [-0.2, 0) is 0 Å². The van der Waals surface area contributed by atoms with Gasteiger partial charge in [-0.3, -0.25) is 9.78 Å². The molecule has 1 heterocycles. The lowest BCUT2D eigenvalue weighted by molar-refractivity contribution is 0.103. The molecule has 0 fully saturated rings. The molecule has 0 unspecified atom stereocenters. The number of ether oxygens (including phenoxy) is 2. The number of carbonyl (C=O) groups is 1. The van der Waals surface area contributed by atoms with Crippen LogP contribution in [0.1, 0.15) is 22.8 Å². The quantitative estimate of drug-likeness (QED) is 0.787. The van der Waals surface area contributed by atoms with Gasteiger partial charge in [-0.2, -0.15) is 0 Å². The summed E-state index contributed by atoms with van der Waals surface area (Å²) in [7, 11) is 1.37. The Morgan fingerprint density at radius 3 is 2.70 bits per heavy atom. The van der Waals surface area contributed by atoms with E-state index in [1.54, 1.807) is 6.07 Å². The van der Waals surface area contributed by atoms with Gasteiger partial charge in [0.05, 0.1) is 19.9 Å². The van der Waals surface area contributed by atoms with Crippen molar-refractivity contribution in [2.75, 3.05) is 13.7 Å². The maximum atomic E-state index is 13.6. The van der Waals surface area contributed by atoms with Crippen molar-refractivity contribution in [2.24, 2.45) is 0 Å². The molecule has 0 amide bonds. The van der Waals surface area contributed by atoms with Crippen LogP contribution in [0.15, 0.2) is 36.7 Å². The Labute approximate surface area is 116 Å². The van der Waals surface area contributed by atoms with Gasteiger partial charge in [-0.25, -0.2) is 4.39 Å². The van der Waals surface area contributed by atoms with Crippen LogP contribution in [0.25, 0.3) is 0 Å². The first-order valence-electron chi connectivity index (χ1n) is 6.11. The van der Waals surface area contributed by atoms with Gasteiger partial charge in [0.15, 0.2) is 17.3 Å².